The van der Waals surface area contributed by atoms with Gasteiger partial charge in [0, 0.05) is 30.1 Å². The molecule has 4 nitrogen and oxygen atoms in total. The molecule has 0 saturated heterocycles. The van der Waals surface area contributed by atoms with Crippen molar-refractivity contribution in [2.75, 3.05) is 6.54 Å². The first kappa shape index (κ1) is 17.0. The van der Waals surface area contributed by atoms with Gasteiger partial charge in [0.15, 0.2) is 5.96 Å². The molecule has 114 valence electrons. The molecule has 1 aromatic rings. The number of aromatic nitrogens is 1. The van der Waals surface area contributed by atoms with Gasteiger partial charge in [-0.1, -0.05) is 26.7 Å². The Morgan fingerprint density at radius 3 is 2.75 bits per heavy atom. The Labute approximate surface area is 126 Å². The van der Waals surface area contributed by atoms with Crippen LogP contribution in [0.3, 0.4) is 0 Å². The Kier molecular flexibility index (Phi) is 7.59. The molecule has 5 heteroatoms. The predicted octanol–water partition coefficient (Wildman–Crippen LogP) is 3.11. The number of nitrogens with two attached hydrogens (primary N) is 1. The van der Waals surface area contributed by atoms with Crippen molar-refractivity contribution in [2.24, 2.45) is 16.6 Å². The molecule has 0 aliphatic carbocycles. The predicted molar refractivity (Wildman–Crippen MR) is 88.3 cm³/mol. The summed E-state index contributed by atoms with van der Waals surface area (Å²) in [5.74, 6) is 1.32. The van der Waals surface area contributed by atoms with Crippen molar-refractivity contribution in [3.8, 4) is 0 Å². The fourth-order valence-corrected chi connectivity index (χ4v) is 2.77. The number of thiazole rings is 1. The smallest absolute Gasteiger partial charge is 0.188 e. The Morgan fingerprint density at radius 2 is 2.15 bits per heavy atom. The van der Waals surface area contributed by atoms with Gasteiger partial charge in [-0.25, -0.2) is 4.98 Å². The molecule has 20 heavy (non-hydrogen) atoms. The second kappa shape index (κ2) is 8.95. The third kappa shape index (κ3) is 7.48. The molecule has 0 aliphatic heterocycles. The van der Waals surface area contributed by atoms with Crippen LogP contribution in [-0.4, -0.2) is 23.5 Å². The van der Waals surface area contributed by atoms with Crippen molar-refractivity contribution in [1.82, 2.24) is 10.3 Å². The highest BCUT2D eigenvalue weighted by Crippen LogP contribution is 2.11. The Hall–Kier alpha value is -1.10. The largest absolute Gasteiger partial charge is 0.370 e. The van der Waals surface area contributed by atoms with Gasteiger partial charge >= 0.3 is 0 Å². The van der Waals surface area contributed by atoms with Crippen LogP contribution < -0.4 is 11.1 Å². The van der Waals surface area contributed by atoms with Crippen molar-refractivity contribution in [3.05, 3.63) is 16.1 Å². The molecule has 0 aliphatic rings. The van der Waals surface area contributed by atoms with E-state index < -0.39 is 0 Å². The Bertz CT molecular complexity index is 412. The zero-order valence-electron chi connectivity index (χ0n) is 13.1. The first-order valence-electron chi connectivity index (χ1n) is 7.45. The average Bonchev–Trinajstić information content (AvgIpc) is 2.74. The topological polar surface area (TPSA) is 63.3 Å². The molecule has 0 amide bonds. The summed E-state index contributed by atoms with van der Waals surface area (Å²) in [6.45, 7) is 9.44. The Balaban J connectivity index is 2.20. The van der Waals surface area contributed by atoms with Crippen molar-refractivity contribution >= 4 is 17.3 Å². The van der Waals surface area contributed by atoms with Crippen molar-refractivity contribution < 1.29 is 0 Å². The molecule has 1 unspecified atom stereocenters. The highest BCUT2D eigenvalue weighted by molar-refractivity contribution is 7.11. The van der Waals surface area contributed by atoms with Gasteiger partial charge in [0.05, 0.1) is 5.01 Å². The van der Waals surface area contributed by atoms with Gasteiger partial charge in [-0.2, -0.15) is 0 Å². The fraction of sp³-hybridized carbons (Fsp3) is 0.733. The number of hydrogen-bond acceptors (Lipinski definition) is 3. The van der Waals surface area contributed by atoms with Crippen LogP contribution in [0, 0.1) is 12.8 Å². The summed E-state index contributed by atoms with van der Waals surface area (Å²) in [4.78, 5) is 9.92. The number of guanidine groups is 1. The van der Waals surface area contributed by atoms with Crippen LogP contribution in [0.15, 0.2) is 11.2 Å². The second-order valence-electron chi connectivity index (χ2n) is 5.75. The van der Waals surface area contributed by atoms with Crippen molar-refractivity contribution in [3.63, 3.8) is 0 Å². The minimum Gasteiger partial charge on any atom is -0.370 e. The summed E-state index contributed by atoms with van der Waals surface area (Å²) in [5.41, 5.74) is 5.90. The molecule has 0 bridgehead atoms. The molecule has 1 atom stereocenters. The molecule has 0 saturated carbocycles. The van der Waals surface area contributed by atoms with Gasteiger partial charge in [0.2, 0.25) is 0 Å². The molecule has 0 fully saturated rings. The van der Waals surface area contributed by atoms with E-state index in [2.05, 4.69) is 43.0 Å². The highest BCUT2D eigenvalue weighted by atomic mass is 32.1. The SMILES string of the molecule is Cc1cnc(CCN=C(N)NC(C)CCCC(C)C)s1. The lowest BCUT2D eigenvalue weighted by Gasteiger charge is -2.14. The molecule has 1 heterocycles. The highest BCUT2D eigenvalue weighted by Gasteiger charge is 2.04. The monoisotopic (exact) mass is 296 g/mol. The van der Waals surface area contributed by atoms with E-state index in [1.165, 1.54) is 17.7 Å². The normalized spacial score (nSPS) is 13.8. The van der Waals surface area contributed by atoms with Crippen LogP contribution in [0.2, 0.25) is 0 Å². The molecule has 3 N–H and O–H groups in total. The number of nitrogens with one attached hydrogen (secondary N) is 1. The number of hydrogen-bond donors (Lipinski definition) is 2. The first-order chi connectivity index (χ1) is 9.47. The van der Waals surface area contributed by atoms with E-state index in [9.17, 15) is 0 Å². The molecule has 0 spiro atoms. The standard InChI is InChI=1S/C15H28N4S/c1-11(2)6-5-7-12(3)19-15(16)17-9-8-14-18-10-13(4)20-14/h10-12H,5-9H2,1-4H3,(H3,16,17,19). The average molecular weight is 296 g/mol. The van der Waals surface area contributed by atoms with Crippen LogP contribution in [0.4, 0.5) is 0 Å². The van der Waals surface area contributed by atoms with Crippen molar-refractivity contribution in [1.29, 1.82) is 0 Å². The number of aryl methyl sites for hydroxylation is 1. The zero-order valence-corrected chi connectivity index (χ0v) is 14.0. The third-order valence-electron chi connectivity index (χ3n) is 3.09. The lowest BCUT2D eigenvalue weighted by molar-refractivity contribution is 0.493. The van der Waals surface area contributed by atoms with E-state index in [1.54, 1.807) is 11.3 Å². The van der Waals surface area contributed by atoms with Gasteiger partial charge in [-0.15, -0.1) is 11.3 Å². The number of nitrogens with zero attached hydrogens (tertiary/aromatic N) is 2. The minimum absolute atomic E-state index is 0.389. The molecule has 0 aromatic carbocycles. The van der Waals surface area contributed by atoms with E-state index in [0.717, 1.165) is 23.8 Å². The quantitative estimate of drug-likeness (QED) is 0.572. The molecular weight excluding hydrogens is 268 g/mol. The minimum atomic E-state index is 0.389. The van der Waals surface area contributed by atoms with E-state index in [0.29, 0.717) is 18.5 Å². The lowest BCUT2D eigenvalue weighted by atomic mass is 10.0. The van der Waals surface area contributed by atoms with Crippen molar-refractivity contribution in [2.45, 2.75) is 59.4 Å². The number of aliphatic imine (C=N–C) groups is 1. The molecule has 1 rings (SSSR count). The third-order valence-corrected chi connectivity index (χ3v) is 4.06. The summed E-state index contributed by atoms with van der Waals surface area (Å²) in [6, 6.07) is 0.389. The summed E-state index contributed by atoms with van der Waals surface area (Å²) in [5, 5.41) is 4.38. The van der Waals surface area contributed by atoms with Gasteiger partial charge in [0.25, 0.3) is 0 Å². The fourth-order valence-electron chi connectivity index (χ4n) is 1.99. The van der Waals surface area contributed by atoms with E-state index in [-0.39, 0.29) is 0 Å². The van der Waals surface area contributed by atoms with Crippen LogP contribution in [-0.2, 0) is 6.42 Å². The summed E-state index contributed by atoms with van der Waals surface area (Å²) >= 11 is 1.73. The summed E-state index contributed by atoms with van der Waals surface area (Å²) < 4.78 is 0. The second-order valence-corrected chi connectivity index (χ2v) is 7.07. The maximum atomic E-state index is 5.90. The van der Waals surface area contributed by atoms with Gasteiger partial charge in [-0.3, -0.25) is 4.99 Å². The van der Waals surface area contributed by atoms with Crippen LogP contribution in [0.1, 0.15) is 49.9 Å². The molecular formula is C15H28N4S. The lowest BCUT2D eigenvalue weighted by Crippen LogP contribution is -2.38. The van der Waals surface area contributed by atoms with E-state index >= 15 is 0 Å². The maximum Gasteiger partial charge on any atom is 0.188 e. The van der Waals surface area contributed by atoms with Crippen LogP contribution in [0.25, 0.3) is 0 Å². The first-order valence-corrected chi connectivity index (χ1v) is 8.26. The van der Waals surface area contributed by atoms with Gasteiger partial charge < -0.3 is 11.1 Å². The van der Waals surface area contributed by atoms with Crippen LogP contribution >= 0.6 is 11.3 Å². The van der Waals surface area contributed by atoms with E-state index in [1.807, 2.05) is 6.20 Å². The van der Waals surface area contributed by atoms with Gasteiger partial charge in [-0.05, 0) is 26.2 Å². The zero-order chi connectivity index (χ0) is 15.0. The van der Waals surface area contributed by atoms with Gasteiger partial charge in [0.1, 0.15) is 0 Å². The number of rotatable bonds is 8. The maximum absolute atomic E-state index is 5.90. The Morgan fingerprint density at radius 1 is 1.40 bits per heavy atom. The summed E-state index contributed by atoms with van der Waals surface area (Å²) in [7, 11) is 0. The molecule has 0 radical (unpaired) electrons. The van der Waals surface area contributed by atoms with E-state index in [4.69, 9.17) is 5.73 Å². The van der Waals surface area contributed by atoms with Crippen LogP contribution in [0.5, 0.6) is 0 Å². The molecule has 1 aromatic heterocycles. The summed E-state index contributed by atoms with van der Waals surface area (Å²) in [6.07, 6.45) is 6.41.